The molecular formula is C21H22N4O2. The highest BCUT2D eigenvalue weighted by atomic mass is 16.2. The predicted octanol–water partition coefficient (Wildman–Crippen LogP) is 2.14. The first-order valence-corrected chi connectivity index (χ1v) is 9.16. The molecule has 0 spiro atoms. The van der Waals surface area contributed by atoms with Crippen molar-refractivity contribution < 1.29 is 9.59 Å². The van der Waals surface area contributed by atoms with Crippen LogP contribution in [0.3, 0.4) is 0 Å². The average molecular weight is 362 g/mol. The molecule has 138 valence electrons. The Balaban J connectivity index is 1.44. The minimum absolute atomic E-state index is 0.00528. The molecule has 4 rings (SSSR count). The van der Waals surface area contributed by atoms with Gasteiger partial charge in [-0.2, -0.15) is 0 Å². The number of imidazole rings is 1. The van der Waals surface area contributed by atoms with Crippen LogP contribution in [0.4, 0.5) is 0 Å². The Hall–Kier alpha value is -3.15. The number of aromatic nitrogens is 2. The third-order valence-electron chi connectivity index (χ3n) is 5.04. The molecule has 6 nitrogen and oxygen atoms in total. The highest BCUT2D eigenvalue weighted by molar-refractivity contribution is 5.94. The molecule has 3 aromatic rings. The molecule has 1 atom stereocenters. The van der Waals surface area contributed by atoms with E-state index in [9.17, 15) is 9.59 Å². The Morgan fingerprint density at radius 2 is 1.85 bits per heavy atom. The lowest BCUT2D eigenvalue weighted by Gasteiger charge is -2.38. The molecule has 1 fully saturated rings. The van der Waals surface area contributed by atoms with Crippen LogP contribution >= 0.6 is 0 Å². The Bertz CT molecular complexity index is 933. The third-order valence-corrected chi connectivity index (χ3v) is 5.04. The van der Waals surface area contributed by atoms with Crippen molar-refractivity contribution in [3.63, 3.8) is 0 Å². The molecule has 0 N–H and O–H groups in total. The van der Waals surface area contributed by atoms with E-state index in [2.05, 4.69) is 4.98 Å². The Kier molecular flexibility index (Phi) is 4.62. The van der Waals surface area contributed by atoms with Gasteiger partial charge in [-0.15, -0.1) is 0 Å². The number of benzene rings is 1. The van der Waals surface area contributed by atoms with Crippen molar-refractivity contribution in [1.29, 1.82) is 0 Å². The largest absolute Gasteiger partial charge is 0.331 e. The van der Waals surface area contributed by atoms with Crippen LogP contribution in [0.25, 0.3) is 5.65 Å². The zero-order valence-corrected chi connectivity index (χ0v) is 15.3. The van der Waals surface area contributed by atoms with Crippen LogP contribution in [0.5, 0.6) is 0 Å². The van der Waals surface area contributed by atoms with Gasteiger partial charge in [-0.3, -0.25) is 9.59 Å². The summed E-state index contributed by atoms with van der Waals surface area (Å²) in [6, 6.07) is 15.3. The van der Waals surface area contributed by atoms with Crippen molar-refractivity contribution in [1.82, 2.24) is 19.2 Å². The maximum atomic E-state index is 12.8. The minimum Gasteiger partial charge on any atom is -0.331 e. The molecule has 2 amide bonds. The molecular weight excluding hydrogens is 340 g/mol. The fraction of sp³-hybridized carbons (Fsp3) is 0.286. The summed E-state index contributed by atoms with van der Waals surface area (Å²) in [6.07, 6.45) is 4.57. The molecule has 0 bridgehead atoms. The molecule has 1 saturated heterocycles. The van der Waals surface area contributed by atoms with E-state index in [1.165, 1.54) is 0 Å². The van der Waals surface area contributed by atoms with E-state index in [0.717, 1.165) is 23.3 Å². The van der Waals surface area contributed by atoms with Crippen molar-refractivity contribution in [3.8, 4) is 0 Å². The Morgan fingerprint density at radius 1 is 1.07 bits per heavy atom. The van der Waals surface area contributed by atoms with Gasteiger partial charge in [-0.25, -0.2) is 4.98 Å². The Labute approximate surface area is 158 Å². The van der Waals surface area contributed by atoms with Crippen molar-refractivity contribution in [2.24, 2.45) is 0 Å². The van der Waals surface area contributed by atoms with Crippen LogP contribution in [0.1, 0.15) is 18.2 Å². The van der Waals surface area contributed by atoms with Gasteiger partial charge in [0.25, 0.3) is 0 Å². The normalized spacial score (nSPS) is 17.7. The summed E-state index contributed by atoms with van der Waals surface area (Å²) >= 11 is 0. The summed E-state index contributed by atoms with van der Waals surface area (Å²) in [7, 11) is 0. The second-order valence-electron chi connectivity index (χ2n) is 6.89. The maximum Gasteiger partial charge on any atom is 0.245 e. The van der Waals surface area contributed by atoms with E-state index in [4.69, 9.17) is 0 Å². The fourth-order valence-electron chi connectivity index (χ4n) is 3.51. The van der Waals surface area contributed by atoms with Gasteiger partial charge in [0.1, 0.15) is 11.7 Å². The van der Waals surface area contributed by atoms with Gasteiger partial charge in [-0.1, -0.05) is 36.4 Å². The molecule has 6 heteroatoms. The highest BCUT2D eigenvalue weighted by Crippen LogP contribution is 2.17. The molecule has 1 aliphatic rings. The molecule has 0 unspecified atom stereocenters. The highest BCUT2D eigenvalue weighted by Gasteiger charge is 2.36. The van der Waals surface area contributed by atoms with E-state index < -0.39 is 6.04 Å². The number of carbonyl (C=O) groups excluding carboxylic acids is 2. The van der Waals surface area contributed by atoms with Gasteiger partial charge in [0.2, 0.25) is 11.8 Å². The summed E-state index contributed by atoms with van der Waals surface area (Å²) in [5.74, 6) is -0.0403. The fourth-order valence-corrected chi connectivity index (χ4v) is 3.51. The SMILES string of the molecule is C[C@H]1C(=O)N(CCc2ccccc2)CC(=O)N1Cc1cn2ccccc2n1. The lowest BCUT2D eigenvalue weighted by Crippen LogP contribution is -2.58. The van der Waals surface area contributed by atoms with Crippen molar-refractivity contribution in [2.45, 2.75) is 25.9 Å². The zero-order valence-electron chi connectivity index (χ0n) is 15.3. The number of rotatable bonds is 5. The number of fused-ring (bicyclic) bond motifs is 1. The van der Waals surface area contributed by atoms with E-state index in [0.29, 0.717) is 13.1 Å². The quantitative estimate of drug-likeness (QED) is 0.699. The number of hydrogen-bond donors (Lipinski definition) is 0. The van der Waals surface area contributed by atoms with Gasteiger partial charge in [-0.05, 0) is 31.0 Å². The summed E-state index contributed by atoms with van der Waals surface area (Å²) in [5.41, 5.74) is 2.78. The number of amides is 2. The molecule has 3 heterocycles. The van der Waals surface area contributed by atoms with E-state index in [-0.39, 0.29) is 18.4 Å². The smallest absolute Gasteiger partial charge is 0.245 e. The van der Waals surface area contributed by atoms with Crippen LogP contribution in [-0.4, -0.2) is 50.1 Å². The van der Waals surface area contributed by atoms with E-state index in [1.54, 1.807) is 16.7 Å². The Morgan fingerprint density at radius 3 is 2.63 bits per heavy atom. The van der Waals surface area contributed by atoms with Gasteiger partial charge in [0.05, 0.1) is 18.8 Å². The first kappa shape index (κ1) is 17.3. The van der Waals surface area contributed by atoms with Crippen molar-refractivity contribution in [2.75, 3.05) is 13.1 Å². The van der Waals surface area contributed by atoms with Gasteiger partial charge >= 0.3 is 0 Å². The standard InChI is InChI=1S/C21H22N4O2/c1-16-21(27)24(12-10-17-7-3-2-4-8-17)15-20(26)25(16)14-18-13-23-11-6-5-9-19(23)22-18/h2-9,11,13,16H,10,12,14-15H2,1H3/t16-/m0/s1. The first-order chi connectivity index (χ1) is 13.1. The average Bonchev–Trinajstić information content (AvgIpc) is 3.10. The van der Waals surface area contributed by atoms with Gasteiger partial charge in [0, 0.05) is 18.9 Å². The van der Waals surface area contributed by atoms with E-state index >= 15 is 0 Å². The molecule has 0 radical (unpaired) electrons. The van der Waals surface area contributed by atoms with Crippen LogP contribution < -0.4 is 0 Å². The zero-order chi connectivity index (χ0) is 18.8. The lowest BCUT2D eigenvalue weighted by atomic mass is 10.1. The topological polar surface area (TPSA) is 57.9 Å². The molecule has 27 heavy (non-hydrogen) atoms. The second kappa shape index (κ2) is 7.23. The van der Waals surface area contributed by atoms with Crippen LogP contribution in [-0.2, 0) is 22.6 Å². The minimum atomic E-state index is -0.480. The van der Waals surface area contributed by atoms with Crippen molar-refractivity contribution >= 4 is 17.5 Å². The van der Waals surface area contributed by atoms with Crippen LogP contribution in [0.15, 0.2) is 60.9 Å². The van der Waals surface area contributed by atoms with Crippen LogP contribution in [0.2, 0.25) is 0 Å². The summed E-state index contributed by atoms with van der Waals surface area (Å²) in [6.45, 7) is 2.83. The monoisotopic (exact) mass is 362 g/mol. The predicted molar refractivity (Wildman–Crippen MR) is 102 cm³/mol. The summed E-state index contributed by atoms with van der Waals surface area (Å²) in [5, 5.41) is 0. The molecule has 2 aromatic heterocycles. The maximum absolute atomic E-state index is 12.8. The molecule has 1 aliphatic heterocycles. The van der Waals surface area contributed by atoms with Crippen LogP contribution in [0, 0.1) is 0 Å². The third kappa shape index (κ3) is 3.56. The number of carbonyl (C=O) groups is 2. The van der Waals surface area contributed by atoms with E-state index in [1.807, 2.05) is 65.3 Å². The lowest BCUT2D eigenvalue weighted by molar-refractivity contribution is -0.155. The molecule has 0 aliphatic carbocycles. The summed E-state index contributed by atoms with van der Waals surface area (Å²) < 4.78 is 1.92. The summed E-state index contributed by atoms with van der Waals surface area (Å²) in [4.78, 5) is 33.3. The molecule has 0 saturated carbocycles. The first-order valence-electron chi connectivity index (χ1n) is 9.16. The van der Waals surface area contributed by atoms with Crippen molar-refractivity contribution in [3.05, 3.63) is 72.2 Å². The van der Waals surface area contributed by atoms with Gasteiger partial charge in [0.15, 0.2) is 0 Å². The number of hydrogen-bond acceptors (Lipinski definition) is 3. The number of pyridine rings is 1. The van der Waals surface area contributed by atoms with Gasteiger partial charge < -0.3 is 14.2 Å². The second-order valence-corrected chi connectivity index (χ2v) is 6.89. The molecule has 1 aromatic carbocycles. The number of nitrogens with zero attached hydrogens (tertiary/aromatic N) is 4. The number of piperazine rings is 1.